The van der Waals surface area contributed by atoms with Crippen molar-refractivity contribution < 1.29 is 28.5 Å². The van der Waals surface area contributed by atoms with E-state index in [9.17, 15) is 9.18 Å². The van der Waals surface area contributed by atoms with Gasteiger partial charge >= 0.3 is 0 Å². The summed E-state index contributed by atoms with van der Waals surface area (Å²) in [4.78, 5) is 18.7. The van der Waals surface area contributed by atoms with Crippen LogP contribution >= 0.6 is 0 Å². The maximum atomic E-state index is 14.1. The van der Waals surface area contributed by atoms with Crippen LogP contribution in [0.4, 0.5) is 4.39 Å². The Kier molecular flexibility index (Phi) is 9.33. The van der Waals surface area contributed by atoms with Gasteiger partial charge in [-0.05, 0) is 60.0 Å². The Morgan fingerprint density at radius 1 is 1.15 bits per heavy atom. The molecule has 0 spiro atoms. The Balaban J connectivity index is 1.64. The number of nitrogens with one attached hydrogen (secondary N) is 1. The van der Waals surface area contributed by atoms with Crippen molar-refractivity contribution >= 4 is 11.8 Å². The quantitative estimate of drug-likeness (QED) is 0.244. The number of aliphatic hydroxyl groups excluding tert-OH is 1. The Bertz CT molecular complexity index is 1310. The summed E-state index contributed by atoms with van der Waals surface area (Å²) >= 11 is 0. The number of aliphatic imine (C=N–C) groups is 1. The lowest BCUT2D eigenvalue weighted by atomic mass is 9.84. The number of aliphatic hydroxyl groups is 1. The van der Waals surface area contributed by atoms with Crippen LogP contribution in [-0.2, 0) is 16.0 Å². The van der Waals surface area contributed by atoms with E-state index in [0.29, 0.717) is 48.0 Å². The molecule has 1 aliphatic heterocycles. The van der Waals surface area contributed by atoms with Gasteiger partial charge in [0.25, 0.3) is 5.91 Å². The minimum Gasteiger partial charge on any atom is -0.497 e. The van der Waals surface area contributed by atoms with Gasteiger partial charge in [-0.3, -0.25) is 4.79 Å². The van der Waals surface area contributed by atoms with Crippen molar-refractivity contribution in [2.45, 2.75) is 30.9 Å². The molecule has 0 saturated heterocycles. The highest BCUT2D eigenvalue weighted by atomic mass is 19.1. The third kappa shape index (κ3) is 6.46. The summed E-state index contributed by atoms with van der Waals surface area (Å²) in [5.74, 6) is 0.941. The molecule has 0 saturated carbocycles. The Labute approximate surface area is 228 Å². The largest absolute Gasteiger partial charge is 0.497 e. The highest BCUT2D eigenvalue weighted by molar-refractivity contribution is 6.01. The van der Waals surface area contributed by atoms with E-state index in [2.05, 4.69) is 11.9 Å². The van der Waals surface area contributed by atoms with E-state index in [-0.39, 0.29) is 31.3 Å². The minimum atomic E-state index is -1.34. The third-order valence-electron chi connectivity index (χ3n) is 6.52. The summed E-state index contributed by atoms with van der Waals surface area (Å²) in [7, 11) is 1.58. The predicted octanol–water partition coefficient (Wildman–Crippen LogP) is 4.79. The van der Waals surface area contributed by atoms with E-state index in [4.69, 9.17) is 24.3 Å². The summed E-state index contributed by atoms with van der Waals surface area (Å²) in [5, 5.41) is 11.9. The maximum absolute atomic E-state index is 14.1. The summed E-state index contributed by atoms with van der Waals surface area (Å²) in [6.07, 6.45) is 1.98. The molecule has 204 valence electrons. The van der Waals surface area contributed by atoms with Crippen molar-refractivity contribution in [3.05, 3.63) is 108 Å². The molecule has 8 heteroatoms. The number of carbonyl (C=O) groups excluding carboxylic acids is 1. The number of ether oxygens (including phenoxy) is 3. The second-order valence-electron chi connectivity index (χ2n) is 9.16. The Hall–Kier alpha value is -4.17. The predicted molar refractivity (Wildman–Crippen MR) is 148 cm³/mol. The summed E-state index contributed by atoms with van der Waals surface area (Å²) < 4.78 is 31.6. The summed E-state index contributed by atoms with van der Waals surface area (Å²) in [5.41, 5.74) is 0.591. The van der Waals surface area contributed by atoms with Crippen LogP contribution in [0.25, 0.3) is 0 Å². The molecule has 39 heavy (non-hydrogen) atoms. The molecule has 0 bridgehead atoms. The standard InChI is InChI=1S/C31H33FN2O5/c1-3-17-31(30(36)33-18-16-22-8-4-5-11-27(22)32)28(24-9-6-10-26(21-24)37-2)39-29(34-31)23-12-14-25(15-13-23)38-20-7-19-35/h3-6,8-15,21,28,35H,1,7,16-20H2,2H3,(H,33,36)/t28-,31-/m1/s1. The molecule has 0 aliphatic carbocycles. The van der Waals surface area contributed by atoms with Gasteiger partial charge in [-0.2, -0.15) is 0 Å². The molecule has 2 atom stereocenters. The fraction of sp³-hybridized carbons (Fsp3) is 0.290. The maximum Gasteiger partial charge on any atom is 0.252 e. The number of amides is 1. The van der Waals surface area contributed by atoms with Gasteiger partial charge in [0.2, 0.25) is 5.90 Å². The van der Waals surface area contributed by atoms with E-state index >= 15 is 0 Å². The normalized spacial score (nSPS) is 18.1. The van der Waals surface area contributed by atoms with Gasteiger partial charge in [-0.25, -0.2) is 9.38 Å². The zero-order valence-electron chi connectivity index (χ0n) is 21.9. The van der Waals surface area contributed by atoms with Crippen LogP contribution in [0, 0.1) is 5.82 Å². The summed E-state index contributed by atoms with van der Waals surface area (Å²) in [6.45, 7) is 4.58. The molecule has 3 aromatic carbocycles. The first-order chi connectivity index (χ1) is 19.0. The molecule has 1 amide bonds. The third-order valence-corrected chi connectivity index (χ3v) is 6.52. The summed E-state index contributed by atoms with van der Waals surface area (Å²) in [6, 6.07) is 21.1. The first-order valence-corrected chi connectivity index (χ1v) is 12.9. The monoisotopic (exact) mass is 532 g/mol. The lowest BCUT2D eigenvalue weighted by Crippen LogP contribution is -2.48. The van der Waals surface area contributed by atoms with Gasteiger partial charge in [0.15, 0.2) is 11.6 Å². The number of benzene rings is 3. The van der Waals surface area contributed by atoms with Crippen LogP contribution in [0.5, 0.6) is 11.5 Å². The van der Waals surface area contributed by atoms with Crippen LogP contribution in [0.2, 0.25) is 0 Å². The number of methoxy groups -OCH3 is 1. The van der Waals surface area contributed by atoms with E-state index in [1.165, 1.54) is 6.07 Å². The van der Waals surface area contributed by atoms with Crippen LogP contribution < -0.4 is 14.8 Å². The van der Waals surface area contributed by atoms with E-state index in [1.807, 2.05) is 36.4 Å². The number of hydrogen-bond donors (Lipinski definition) is 2. The molecule has 0 unspecified atom stereocenters. The van der Waals surface area contributed by atoms with Crippen molar-refractivity contribution in [2.75, 3.05) is 26.9 Å². The average Bonchev–Trinajstić information content (AvgIpc) is 3.35. The number of rotatable bonds is 13. The van der Waals surface area contributed by atoms with Crippen LogP contribution in [0.15, 0.2) is 90.4 Å². The number of hydrogen-bond acceptors (Lipinski definition) is 6. The van der Waals surface area contributed by atoms with Crippen molar-refractivity contribution in [3.63, 3.8) is 0 Å². The fourth-order valence-corrected chi connectivity index (χ4v) is 4.50. The van der Waals surface area contributed by atoms with E-state index in [1.54, 1.807) is 43.5 Å². The first-order valence-electron chi connectivity index (χ1n) is 12.9. The van der Waals surface area contributed by atoms with E-state index in [0.717, 1.165) is 5.56 Å². The molecule has 0 aromatic heterocycles. The first kappa shape index (κ1) is 27.9. The molecule has 0 fully saturated rings. The molecule has 0 radical (unpaired) electrons. The SMILES string of the molecule is C=CC[C@@]1(C(=O)NCCc2ccccc2F)N=C(c2ccc(OCCCO)cc2)O[C@@H]1c1cccc(OC)c1. The van der Waals surface area contributed by atoms with Crippen LogP contribution in [0.3, 0.4) is 0 Å². The van der Waals surface area contributed by atoms with Crippen molar-refractivity contribution in [2.24, 2.45) is 4.99 Å². The molecule has 4 rings (SSSR count). The number of carbonyl (C=O) groups is 1. The minimum absolute atomic E-state index is 0.0577. The average molecular weight is 533 g/mol. The fourth-order valence-electron chi connectivity index (χ4n) is 4.50. The van der Waals surface area contributed by atoms with Gasteiger partial charge in [0.1, 0.15) is 17.3 Å². The zero-order chi connectivity index (χ0) is 27.7. The highest BCUT2D eigenvalue weighted by Crippen LogP contribution is 2.43. The van der Waals surface area contributed by atoms with Crippen molar-refractivity contribution in [3.8, 4) is 11.5 Å². The smallest absolute Gasteiger partial charge is 0.252 e. The molecular weight excluding hydrogens is 499 g/mol. The molecule has 1 heterocycles. The van der Waals surface area contributed by atoms with E-state index < -0.39 is 11.6 Å². The van der Waals surface area contributed by atoms with Crippen molar-refractivity contribution in [1.29, 1.82) is 0 Å². The second-order valence-corrected chi connectivity index (χ2v) is 9.16. The highest BCUT2D eigenvalue weighted by Gasteiger charge is 2.52. The number of nitrogens with zero attached hydrogens (tertiary/aromatic N) is 1. The lowest BCUT2D eigenvalue weighted by Gasteiger charge is -2.30. The Morgan fingerprint density at radius 3 is 2.67 bits per heavy atom. The van der Waals surface area contributed by atoms with Gasteiger partial charge in [-0.15, -0.1) is 6.58 Å². The molecular formula is C31H33FN2O5. The van der Waals surface area contributed by atoms with Gasteiger partial charge < -0.3 is 24.6 Å². The topological polar surface area (TPSA) is 89.4 Å². The molecule has 3 aromatic rings. The van der Waals surface area contributed by atoms with Crippen molar-refractivity contribution in [1.82, 2.24) is 5.32 Å². The van der Waals surface area contributed by atoms with Gasteiger partial charge in [0, 0.05) is 31.6 Å². The lowest BCUT2D eigenvalue weighted by molar-refractivity contribution is -0.128. The van der Waals surface area contributed by atoms with Crippen LogP contribution in [0.1, 0.15) is 35.6 Å². The van der Waals surface area contributed by atoms with Gasteiger partial charge in [-0.1, -0.05) is 36.4 Å². The van der Waals surface area contributed by atoms with Gasteiger partial charge in [0.05, 0.1) is 13.7 Å². The molecule has 1 aliphatic rings. The van der Waals surface area contributed by atoms with Crippen LogP contribution in [-0.4, -0.2) is 49.3 Å². The Morgan fingerprint density at radius 2 is 1.95 bits per heavy atom. The number of halogens is 1. The molecule has 7 nitrogen and oxygen atoms in total. The second kappa shape index (κ2) is 13.1. The molecule has 2 N–H and O–H groups in total. The zero-order valence-corrected chi connectivity index (χ0v) is 21.9.